The minimum atomic E-state index is 0.486. The summed E-state index contributed by atoms with van der Waals surface area (Å²) in [4.78, 5) is 0. The molecule has 0 aromatic carbocycles. The van der Waals surface area contributed by atoms with E-state index in [4.69, 9.17) is 0 Å². The molecule has 0 fully saturated rings. The zero-order valence-electron chi connectivity index (χ0n) is 7.04. The SMILES string of the molecule is C/C=C\C(/C=C\C)/C=C\C. The van der Waals surface area contributed by atoms with Gasteiger partial charge >= 0.3 is 0 Å². The molecule has 0 radical (unpaired) electrons. The van der Waals surface area contributed by atoms with Crippen molar-refractivity contribution in [3.8, 4) is 0 Å². The number of hydrogen-bond donors (Lipinski definition) is 0. The van der Waals surface area contributed by atoms with Crippen molar-refractivity contribution < 1.29 is 0 Å². The number of hydrogen-bond acceptors (Lipinski definition) is 0. The van der Waals surface area contributed by atoms with Crippen LogP contribution in [-0.4, -0.2) is 0 Å². The zero-order chi connectivity index (χ0) is 7.82. The highest BCUT2D eigenvalue weighted by molar-refractivity contribution is 5.08. The first-order valence-electron chi connectivity index (χ1n) is 3.73. The first-order chi connectivity index (χ1) is 4.85. The molecule has 0 bridgehead atoms. The molecular weight excluding hydrogens is 120 g/mol. The van der Waals surface area contributed by atoms with E-state index in [-0.39, 0.29) is 0 Å². The van der Waals surface area contributed by atoms with Gasteiger partial charge in [-0.25, -0.2) is 0 Å². The minimum Gasteiger partial charge on any atom is -0.0908 e. The van der Waals surface area contributed by atoms with Gasteiger partial charge in [0.25, 0.3) is 0 Å². The summed E-state index contributed by atoms with van der Waals surface area (Å²) in [5.74, 6) is 0.486. The maximum absolute atomic E-state index is 2.17. The van der Waals surface area contributed by atoms with Crippen molar-refractivity contribution in [2.24, 2.45) is 5.92 Å². The lowest BCUT2D eigenvalue weighted by Gasteiger charge is -1.96. The molecule has 0 aliphatic carbocycles. The van der Waals surface area contributed by atoms with Gasteiger partial charge in [-0.1, -0.05) is 36.5 Å². The Morgan fingerprint density at radius 2 is 1.00 bits per heavy atom. The van der Waals surface area contributed by atoms with E-state index in [2.05, 4.69) is 36.5 Å². The van der Waals surface area contributed by atoms with Gasteiger partial charge in [0.1, 0.15) is 0 Å². The van der Waals surface area contributed by atoms with Gasteiger partial charge in [0, 0.05) is 5.92 Å². The second kappa shape index (κ2) is 6.34. The topological polar surface area (TPSA) is 0 Å². The lowest BCUT2D eigenvalue weighted by atomic mass is 10.1. The maximum Gasteiger partial charge on any atom is 0.0127 e. The predicted molar refractivity (Wildman–Crippen MR) is 47.9 cm³/mol. The van der Waals surface area contributed by atoms with E-state index < -0.39 is 0 Å². The monoisotopic (exact) mass is 136 g/mol. The third kappa shape index (κ3) is 4.13. The second-order valence-electron chi connectivity index (χ2n) is 2.15. The molecule has 0 saturated carbocycles. The largest absolute Gasteiger partial charge is 0.0908 e. The highest BCUT2D eigenvalue weighted by Gasteiger charge is 1.88. The molecule has 0 aliphatic rings. The van der Waals surface area contributed by atoms with E-state index >= 15 is 0 Å². The van der Waals surface area contributed by atoms with Crippen molar-refractivity contribution in [1.29, 1.82) is 0 Å². The highest BCUT2D eigenvalue weighted by Crippen LogP contribution is 2.02. The number of rotatable bonds is 3. The van der Waals surface area contributed by atoms with Gasteiger partial charge in [-0.05, 0) is 20.8 Å². The van der Waals surface area contributed by atoms with Crippen LogP contribution in [0.15, 0.2) is 36.5 Å². The lowest BCUT2D eigenvalue weighted by Crippen LogP contribution is -1.83. The van der Waals surface area contributed by atoms with E-state index in [0.29, 0.717) is 5.92 Å². The summed E-state index contributed by atoms with van der Waals surface area (Å²) in [6.07, 6.45) is 12.7. The Hall–Kier alpha value is -0.780. The Bertz CT molecular complexity index is 110. The van der Waals surface area contributed by atoms with Crippen molar-refractivity contribution in [3.63, 3.8) is 0 Å². The molecule has 0 N–H and O–H groups in total. The third-order valence-electron chi connectivity index (χ3n) is 1.24. The third-order valence-corrected chi connectivity index (χ3v) is 1.24. The Balaban J connectivity index is 3.97. The van der Waals surface area contributed by atoms with Crippen LogP contribution in [-0.2, 0) is 0 Å². The maximum atomic E-state index is 2.17. The van der Waals surface area contributed by atoms with Crippen molar-refractivity contribution in [3.05, 3.63) is 36.5 Å². The van der Waals surface area contributed by atoms with Gasteiger partial charge in [0.2, 0.25) is 0 Å². The molecule has 56 valence electrons. The average molecular weight is 136 g/mol. The molecule has 10 heavy (non-hydrogen) atoms. The summed E-state index contributed by atoms with van der Waals surface area (Å²) in [5, 5.41) is 0. The van der Waals surface area contributed by atoms with Crippen molar-refractivity contribution in [2.45, 2.75) is 20.8 Å². The number of allylic oxidation sites excluding steroid dienone is 6. The van der Waals surface area contributed by atoms with Crippen LogP contribution >= 0.6 is 0 Å². The van der Waals surface area contributed by atoms with Crippen LogP contribution in [0.3, 0.4) is 0 Å². The van der Waals surface area contributed by atoms with Crippen LogP contribution in [0.4, 0.5) is 0 Å². The van der Waals surface area contributed by atoms with Crippen LogP contribution in [0.5, 0.6) is 0 Å². The molecule has 0 spiro atoms. The van der Waals surface area contributed by atoms with Crippen molar-refractivity contribution in [2.75, 3.05) is 0 Å². The van der Waals surface area contributed by atoms with E-state index in [1.54, 1.807) is 0 Å². The zero-order valence-corrected chi connectivity index (χ0v) is 7.04. The molecule has 0 nitrogen and oxygen atoms in total. The van der Waals surface area contributed by atoms with Gasteiger partial charge in [-0.3, -0.25) is 0 Å². The van der Waals surface area contributed by atoms with Gasteiger partial charge in [-0.15, -0.1) is 0 Å². The smallest absolute Gasteiger partial charge is 0.0127 e. The molecule has 0 heteroatoms. The van der Waals surface area contributed by atoms with Crippen LogP contribution in [0.1, 0.15) is 20.8 Å². The molecule has 0 heterocycles. The molecular formula is C10H16. The Kier molecular flexibility index (Phi) is 5.85. The summed E-state index contributed by atoms with van der Waals surface area (Å²) >= 11 is 0. The predicted octanol–water partition coefficient (Wildman–Crippen LogP) is 3.33. The second-order valence-corrected chi connectivity index (χ2v) is 2.15. The van der Waals surface area contributed by atoms with Crippen molar-refractivity contribution >= 4 is 0 Å². The first kappa shape index (κ1) is 9.22. The van der Waals surface area contributed by atoms with E-state index in [0.717, 1.165) is 0 Å². The Morgan fingerprint density at radius 3 is 1.20 bits per heavy atom. The van der Waals surface area contributed by atoms with E-state index in [1.165, 1.54) is 0 Å². The summed E-state index contributed by atoms with van der Waals surface area (Å²) in [7, 11) is 0. The Labute approximate surface area is 64.0 Å². The van der Waals surface area contributed by atoms with E-state index in [9.17, 15) is 0 Å². The normalized spacial score (nSPS) is 13.2. The molecule has 0 unspecified atom stereocenters. The Morgan fingerprint density at radius 1 is 0.700 bits per heavy atom. The molecule has 0 atom stereocenters. The van der Waals surface area contributed by atoms with Crippen LogP contribution in [0.2, 0.25) is 0 Å². The molecule has 0 saturated heterocycles. The van der Waals surface area contributed by atoms with Gasteiger partial charge in [-0.2, -0.15) is 0 Å². The molecule has 0 aliphatic heterocycles. The standard InChI is InChI=1S/C10H16/c1-4-7-10(8-5-2)9-6-3/h4-10H,1-3H3/b7-4-,8-5-,9-6-. The fourth-order valence-electron chi connectivity index (χ4n) is 0.859. The van der Waals surface area contributed by atoms with Gasteiger partial charge in [0.05, 0.1) is 0 Å². The van der Waals surface area contributed by atoms with Crippen LogP contribution in [0, 0.1) is 5.92 Å². The fourth-order valence-corrected chi connectivity index (χ4v) is 0.859. The fraction of sp³-hybridized carbons (Fsp3) is 0.400. The molecule has 0 amide bonds. The summed E-state index contributed by atoms with van der Waals surface area (Å²) in [5.41, 5.74) is 0. The summed E-state index contributed by atoms with van der Waals surface area (Å²) in [6.45, 7) is 6.12. The molecule has 0 rings (SSSR count). The van der Waals surface area contributed by atoms with Gasteiger partial charge < -0.3 is 0 Å². The molecule has 0 aromatic heterocycles. The van der Waals surface area contributed by atoms with Gasteiger partial charge in [0.15, 0.2) is 0 Å². The van der Waals surface area contributed by atoms with Crippen LogP contribution in [0.25, 0.3) is 0 Å². The van der Waals surface area contributed by atoms with E-state index in [1.807, 2.05) is 20.8 Å². The average Bonchev–Trinajstić information content (AvgIpc) is 1.90. The van der Waals surface area contributed by atoms with Crippen LogP contribution < -0.4 is 0 Å². The summed E-state index contributed by atoms with van der Waals surface area (Å²) in [6, 6.07) is 0. The first-order valence-corrected chi connectivity index (χ1v) is 3.73. The quantitative estimate of drug-likeness (QED) is 0.522. The summed E-state index contributed by atoms with van der Waals surface area (Å²) < 4.78 is 0. The molecule has 0 aromatic rings. The minimum absolute atomic E-state index is 0.486. The van der Waals surface area contributed by atoms with Crippen molar-refractivity contribution in [1.82, 2.24) is 0 Å². The lowest BCUT2D eigenvalue weighted by molar-refractivity contribution is 1.06. The highest BCUT2D eigenvalue weighted by atomic mass is 13.9.